The lowest BCUT2D eigenvalue weighted by Crippen LogP contribution is -2.48. The van der Waals surface area contributed by atoms with E-state index >= 15 is 0 Å². The molecule has 0 atom stereocenters. The van der Waals surface area contributed by atoms with E-state index in [1.54, 1.807) is 0 Å². The fourth-order valence-corrected chi connectivity index (χ4v) is 1.01. The quantitative estimate of drug-likeness (QED) is 0.365. The van der Waals surface area contributed by atoms with Crippen LogP contribution in [0.1, 0.15) is 20.8 Å². The molecule has 0 N–H and O–H groups in total. The molecular weight excluding hydrogens is 168 g/mol. The molecule has 0 aliphatic rings. The summed E-state index contributed by atoms with van der Waals surface area (Å²) >= 11 is 0. The van der Waals surface area contributed by atoms with E-state index < -0.39 is 0 Å². The molecule has 0 aliphatic heterocycles. The van der Waals surface area contributed by atoms with Crippen LogP contribution in [-0.4, -0.2) is 42.7 Å². The summed E-state index contributed by atoms with van der Waals surface area (Å²) in [7, 11) is 2.01. The number of carbonyl (C=O) groups is 1. The smallest absolute Gasteiger partial charge is 0.178 e. The van der Waals surface area contributed by atoms with E-state index in [2.05, 4.69) is 5.16 Å². The number of nitrogens with zero attached hydrogens (tertiary/aromatic N) is 2. The molecule has 0 aromatic heterocycles. The Bertz CT molecular complexity index is 208. The summed E-state index contributed by atoms with van der Waals surface area (Å²) in [5, 5.41) is 13.1. The SMILES string of the molecule is CC[N+](C)(CC)C/C(=N/[O-])C(C)=O. The van der Waals surface area contributed by atoms with Gasteiger partial charge in [-0.1, -0.05) is 0 Å². The molecule has 0 amide bonds. The molecule has 0 bridgehead atoms. The Morgan fingerprint density at radius 3 is 2.08 bits per heavy atom. The lowest BCUT2D eigenvalue weighted by atomic mass is 10.2. The standard InChI is InChI=1S/C9H18N2O2/c1-5-11(4,6-2)7-9(10-13)8(3)12/h5-7H2,1-4H3. The summed E-state index contributed by atoms with van der Waals surface area (Å²) in [6.07, 6.45) is 0. The predicted octanol–water partition coefficient (Wildman–Crippen LogP) is 1.00. The summed E-state index contributed by atoms with van der Waals surface area (Å²) in [5.41, 5.74) is 0.145. The maximum atomic E-state index is 10.9. The van der Waals surface area contributed by atoms with Crippen molar-refractivity contribution in [3.05, 3.63) is 5.21 Å². The summed E-state index contributed by atoms with van der Waals surface area (Å²) in [4.78, 5) is 10.9. The molecule has 0 heterocycles. The Morgan fingerprint density at radius 1 is 1.38 bits per heavy atom. The maximum absolute atomic E-state index is 10.9. The zero-order valence-corrected chi connectivity index (χ0v) is 8.83. The largest absolute Gasteiger partial charge is 0.792 e. The number of rotatable bonds is 5. The van der Waals surface area contributed by atoms with Gasteiger partial charge in [0, 0.05) is 6.92 Å². The van der Waals surface area contributed by atoms with E-state index in [4.69, 9.17) is 0 Å². The second-order valence-electron chi connectivity index (χ2n) is 3.50. The third-order valence-electron chi connectivity index (χ3n) is 2.57. The van der Waals surface area contributed by atoms with Crippen LogP contribution in [0.5, 0.6) is 0 Å². The Balaban J connectivity index is 4.47. The van der Waals surface area contributed by atoms with Crippen molar-refractivity contribution in [3.63, 3.8) is 0 Å². The highest BCUT2D eigenvalue weighted by Crippen LogP contribution is 2.02. The minimum Gasteiger partial charge on any atom is -0.792 e. The zero-order valence-electron chi connectivity index (χ0n) is 8.83. The second-order valence-corrected chi connectivity index (χ2v) is 3.50. The molecule has 0 rings (SSSR count). The Kier molecular flexibility index (Phi) is 4.62. The second kappa shape index (κ2) is 4.97. The van der Waals surface area contributed by atoms with Gasteiger partial charge in [-0.3, -0.25) is 4.79 Å². The van der Waals surface area contributed by atoms with Crippen LogP contribution < -0.4 is 0 Å². The normalized spacial score (nSPS) is 13.1. The van der Waals surface area contributed by atoms with Crippen molar-refractivity contribution in [3.8, 4) is 0 Å². The highest BCUT2D eigenvalue weighted by atomic mass is 16.4. The van der Waals surface area contributed by atoms with E-state index in [0.29, 0.717) is 11.0 Å². The van der Waals surface area contributed by atoms with Gasteiger partial charge < -0.3 is 14.8 Å². The van der Waals surface area contributed by atoms with Crippen molar-refractivity contribution in [2.75, 3.05) is 26.7 Å². The van der Waals surface area contributed by atoms with Gasteiger partial charge >= 0.3 is 0 Å². The van der Waals surface area contributed by atoms with Gasteiger partial charge in [0.1, 0.15) is 12.3 Å². The predicted molar refractivity (Wildman–Crippen MR) is 53.6 cm³/mol. The number of ketones is 1. The molecule has 0 saturated carbocycles. The molecule has 0 saturated heterocycles. The van der Waals surface area contributed by atoms with Crippen molar-refractivity contribution in [1.29, 1.82) is 0 Å². The first kappa shape index (κ1) is 12.1. The molecule has 0 aromatic rings. The first-order valence-corrected chi connectivity index (χ1v) is 4.52. The Morgan fingerprint density at radius 2 is 1.85 bits per heavy atom. The number of quaternary nitrogens is 1. The molecule has 0 fully saturated rings. The monoisotopic (exact) mass is 186 g/mol. The van der Waals surface area contributed by atoms with Crippen LogP contribution in [0.25, 0.3) is 0 Å². The van der Waals surface area contributed by atoms with E-state index in [9.17, 15) is 10.0 Å². The van der Waals surface area contributed by atoms with E-state index in [-0.39, 0.29) is 11.5 Å². The zero-order chi connectivity index (χ0) is 10.5. The topological polar surface area (TPSA) is 52.5 Å². The van der Waals surface area contributed by atoms with Gasteiger partial charge in [-0.25, -0.2) is 0 Å². The van der Waals surface area contributed by atoms with Crippen LogP contribution in [-0.2, 0) is 4.79 Å². The summed E-state index contributed by atoms with van der Waals surface area (Å²) in [6.45, 7) is 7.67. The molecule has 76 valence electrons. The molecule has 0 unspecified atom stereocenters. The van der Waals surface area contributed by atoms with E-state index in [1.807, 2.05) is 20.9 Å². The summed E-state index contributed by atoms with van der Waals surface area (Å²) in [5.74, 6) is -0.221. The van der Waals surface area contributed by atoms with Gasteiger partial charge in [0.15, 0.2) is 5.78 Å². The van der Waals surface area contributed by atoms with Crippen LogP contribution in [0.4, 0.5) is 0 Å². The molecule has 4 heteroatoms. The average Bonchev–Trinajstić information content (AvgIpc) is 2.13. The highest BCUT2D eigenvalue weighted by molar-refractivity contribution is 6.39. The maximum Gasteiger partial charge on any atom is 0.178 e. The fourth-order valence-electron chi connectivity index (χ4n) is 1.01. The van der Waals surface area contributed by atoms with Crippen LogP contribution in [0.15, 0.2) is 5.16 Å². The van der Waals surface area contributed by atoms with Crippen LogP contribution >= 0.6 is 0 Å². The minimum atomic E-state index is -0.221. The number of carbonyl (C=O) groups excluding carboxylic acids is 1. The van der Waals surface area contributed by atoms with Crippen molar-refractivity contribution < 1.29 is 9.28 Å². The minimum absolute atomic E-state index is 0.145. The number of hydrogen-bond donors (Lipinski definition) is 0. The molecule has 0 aromatic carbocycles. The number of Topliss-reactive ketones (excluding diaryl/α,β-unsaturated/α-hetero) is 1. The van der Waals surface area contributed by atoms with Crippen LogP contribution in [0, 0.1) is 5.21 Å². The van der Waals surface area contributed by atoms with Crippen molar-refractivity contribution in [1.82, 2.24) is 0 Å². The van der Waals surface area contributed by atoms with Gasteiger partial charge in [0.05, 0.1) is 20.1 Å². The Labute approximate surface area is 79.4 Å². The van der Waals surface area contributed by atoms with Gasteiger partial charge in [-0.05, 0) is 13.8 Å². The molecule has 13 heavy (non-hydrogen) atoms. The third-order valence-corrected chi connectivity index (χ3v) is 2.57. The van der Waals surface area contributed by atoms with Crippen molar-refractivity contribution >= 4 is 11.5 Å². The Hall–Kier alpha value is -0.900. The lowest BCUT2D eigenvalue weighted by Gasteiger charge is -2.32. The highest BCUT2D eigenvalue weighted by Gasteiger charge is 2.20. The fraction of sp³-hybridized carbons (Fsp3) is 0.778. The first-order chi connectivity index (χ1) is 5.99. The lowest BCUT2D eigenvalue weighted by molar-refractivity contribution is -0.897. The van der Waals surface area contributed by atoms with E-state index in [0.717, 1.165) is 13.1 Å². The molecule has 0 spiro atoms. The van der Waals surface area contributed by atoms with Crippen molar-refractivity contribution in [2.45, 2.75) is 20.8 Å². The first-order valence-electron chi connectivity index (χ1n) is 4.52. The van der Waals surface area contributed by atoms with E-state index in [1.165, 1.54) is 6.92 Å². The van der Waals surface area contributed by atoms with Crippen molar-refractivity contribution in [2.24, 2.45) is 5.16 Å². The van der Waals surface area contributed by atoms with Crippen LogP contribution in [0.3, 0.4) is 0 Å². The number of hydrogen-bond acceptors (Lipinski definition) is 3. The van der Waals surface area contributed by atoms with Gasteiger partial charge in [0.25, 0.3) is 0 Å². The summed E-state index contributed by atoms with van der Waals surface area (Å²) < 4.78 is 0.681. The molecule has 0 radical (unpaired) electrons. The third kappa shape index (κ3) is 3.55. The molecule has 0 aliphatic carbocycles. The molecule has 4 nitrogen and oxygen atoms in total. The van der Waals surface area contributed by atoms with Gasteiger partial charge in [0.2, 0.25) is 0 Å². The summed E-state index contributed by atoms with van der Waals surface area (Å²) in [6, 6.07) is 0. The van der Waals surface area contributed by atoms with Crippen LogP contribution in [0.2, 0.25) is 0 Å². The molecular formula is C9H18N2O2. The van der Waals surface area contributed by atoms with Gasteiger partial charge in [-0.15, -0.1) is 0 Å². The van der Waals surface area contributed by atoms with Gasteiger partial charge in [-0.2, -0.15) is 0 Å². The average molecular weight is 186 g/mol.